The summed E-state index contributed by atoms with van der Waals surface area (Å²) in [4.78, 5) is 32.1. The minimum absolute atomic E-state index is 0.00847. The lowest BCUT2D eigenvalue weighted by atomic mass is 10.2. The number of hydrogen-bond donors (Lipinski definition) is 0. The smallest absolute Gasteiger partial charge is 0.270 e. The van der Waals surface area contributed by atoms with E-state index in [0.717, 1.165) is 25.9 Å². The number of likely N-dealkylation sites (tertiary alicyclic amines) is 1. The molecule has 0 aromatic carbocycles. The van der Waals surface area contributed by atoms with Crippen LogP contribution in [0.5, 0.6) is 0 Å². The second-order valence-electron chi connectivity index (χ2n) is 6.38. The lowest BCUT2D eigenvalue weighted by Crippen LogP contribution is -2.33. The van der Waals surface area contributed by atoms with Gasteiger partial charge in [-0.2, -0.15) is 0 Å². The summed E-state index contributed by atoms with van der Waals surface area (Å²) in [6, 6.07) is 7.13. The van der Waals surface area contributed by atoms with Crippen LogP contribution < -0.4 is 5.56 Å². The molecule has 6 heteroatoms. The number of hydrogen-bond acceptors (Lipinski definition) is 3. The molecule has 0 unspecified atom stereocenters. The minimum atomic E-state index is -0.138. The van der Waals surface area contributed by atoms with Gasteiger partial charge in [-0.05, 0) is 31.0 Å². The van der Waals surface area contributed by atoms with Crippen molar-refractivity contribution >= 4 is 22.6 Å². The number of aryl methyl sites for hydroxylation is 1. The molecule has 0 atom stereocenters. The second-order valence-corrected chi connectivity index (χ2v) is 6.38. The van der Waals surface area contributed by atoms with Crippen molar-refractivity contribution in [3.8, 4) is 0 Å². The van der Waals surface area contributed by atoms with Crippen molar-refractivity contribution in [2.24, 2.45) is 7.05 Å². The highest BCUT2D eigenvalue weighted by atomic mass is 16.2. The number of rotatable bonds is 1. The highest BCUT2D eigenvalue weighted by Crippen LogP contribution is 2.18. The molecule has 6 nitrogen and oxygen atoms in total. The van der Waals surface area contributed by atoms with Crippen LogP contribution in [-0.4, -0.2) is 37.8 Å². The molecule has 24 heavy (non-hydrogen) atoms. The van der Waals surface area contributed by atoms with E-state index in [9.17, 15) is 9.59 Å². The first kappa shape index (κ1) is 14.9. The molecular weight excluding hydrogens is 304 g/mol. The van der Waals surface area contributed by atoms with Crippen LogP contribution in [-0.2, 0) is 7.05 Å². The Morgan fingerprint density at radius 3 is 2.62 bits per heavy atom. The molecule has 1 saturated heterocycles. The van der Waals surface area contributed by atoms with Crippen LogP contribution in [0.25, 0.3) is 16.7 Å². The Balaban J connectivity index is 1.86. The van der Waals surface area contributed by atoms with Gasteiger partial charge >= 0.3 is 0 Å². The predicted molar refractivity (Wildman–Crippen MR) is 92.3 cm³/mol. The second kappa shape index (κ2) is 5.78. The summed E-state index contributed by atoms with van der Waals surface area (Å²) < 4.78 is 3.26. The number of carbonyl (C=O) groups is 1. The Labute approximate surface area is 139 Å². The Hall–Kier alpha value is -2.63. The first-order chi connectivity index (χ1) is 11.7. The fourth-order valence-electron chi connectivity index (χ4n) is 3.46. The van der Waals surface area contributed by atoms with Crippen LogP contribution in [0.1, 0.15) is 36.2 Å². The zero-order valence-corrected chi connectivity index (χ0v) is 13.7. The zero-order chi connectivity index (χ0) is 16.7. The maximum Gasteiger partial charge on any atom is 0.270 e. The minimum Gasteiger partial charge on any atom is -0.337 e. The van der Waals surface area contributed by atoms with Gasteiger partial charge in [0.1, 0.15) is 17.0 Å². The van der Waals surface area contributed by atoms with Gasteiger partial charge in [0, 0.05) is 26.3 Å². The molecule has 0 saturated carbocycles. The average Bonchev–Trinajstić information content (AvgIpc) is 2.79. The maximum absolute atomic E-state index is 12.9. The van der Waals surface area contributed by atoms with E-state index in [1.165, 1.54) is 17.2 Å². The molecule has 3 aromatic heterocycles. The molecule has 0 bridgehead atoms. The quantitative estimate of drug-likeness (QED) is 0.689. The average molecular weight is 324 g/mol. The molecule has 1 amide bonds. The lowest BCUT2D eigenvalue weighted by molar-refractivity contribution is 0.0752. The van der Waals surface area contributed by atoms with Crippen LogP contribution in [0.2, 0.25) is 0 Å². The summed E-state index contributed by atoms with van der Waals surface area (Å²) in [5.41, 5.74) is 1.54. The normalized spacial score (nSPS) is 15.8. The van der Waals surface area contributed by atoms with Crippen LogP contribution in [0.3, 0.4) is 0 Å². The lowest BCUT2D eigenvalue weighted by Gasteiger charge is -2.20. The third kappa shape index (κ3) is 2.29. The van der Waals surface area contributed by atoms with E-state index in [4.69, 9.17) is 0 Å². The van der Waals surface area contributed by atoms with Crippen LogP contribution >= 0.6 is 0 Å². The molecule has 3 aromatic rings. The molecule has 0 spiro atoms. The Morgan fingerprint density at radius 1 is 1.12 bits per heavy atom. The molecule has 0 N–H and O–H groups in total. The van der Waals surface area contributed by atoms with E-state index in [1.807, 2.05) is 11.0 Å². The molecule has 124 valence electrons. The summed E-state index contributed by atoms with van der Waals surface area (Å²) >= 11 is 0. The third-order valence-corrected chi connectivity index (χ3v) is 4.82. The molecule has 1 fully saturated rings. The van der Waals surface area contributed by atoms with Crippen molar-refractivity contribution in [3.63, 3.8) is 0 Å². The van der Waals surface area contributed by atoms with Gasteiger partial charge in [-0.1, -0.05) is 18.9 Å². The largest absolute Gasteiger partial charge is 0.337 e. The van der Waals surface area contributed by atoms with Crippen molar-refractivity contribution in [2.75, 3.05) is 13.1 Å². The van der Waals surface area contributed by atoms with E-state index in [0.29, 0.717) is 22.4 Å². The molecule has 1 aliphatic heterocycles. The number of nitrogens with zero attached hydrogens (tertiary/aromatic N) is 4. The van der Waals surface area contributed by atoms with Gasteiger partial charge in [0.05, 0.1) is 5.39 Å². The third-order valence-electron chi connectivity index (χ3n) is 4.82. The topological polar surface area (TPSA) is 59.6 Å². The van der Waals surface area contributed by atoms with E-state index in [-0.39, 0.29) is 11.5 Å². The number of pyridine rings is 1. The molecular formula is C18H20N4O2. The van der Waals surface area contributed by atoms with Gasteiger partial charge < -0.3 is 9.47 Å². The molecule has 0 radical (unpaired) electrons. The number of amides is 1. The van der Waals surface area contributed by atoms with Crippen molar-refractivity contribution in [1.29, 1.82) is 0 Å². The van der Waals surface area contributed by atoms with E-state index in [2.05, 4.69) is 4.98 Å². The standard InChI is InChI=1S/C18H20N4O2/c1-20-14(18(24)21-9-5-2-3-6-10-21)12-13-16(20)19-15-8-4-7-11-22(15)17(13)23/h4,7-8,11-12H,2-3,5-6,9-10H2,1H3. The van der Waals surface area contributed by atoms with Gasteiger partial charge in [0.25, 0.3) is 11.5 Å². The van der Waals surface area contributed by atoms with Crippen molar-refractivity contribution in [1.82, 2.24) is 18.9 Å². The van der Waals surface area contributed by atoms with Crippen LogP contribution in [0.4, 0.5) is 0 Å². The summed E-state index contributed by atoms with van der Waals surface area (Å²) in [5, 5.41) is 0.486. The van der Waals surface area contributed by atoms with Gasteiger partial charge in [-0.15, -0.1) is 0 Å². The van der Waals surface area contributed by atoms with Crippen molar-refractivity contribution in [3.05, 3.63) is 46.5 Å². The molecule has 4 rings (SSSR count). The van der Waals surface area contributed by atoms with E-state index < -0.39 is 0 Å². The highest BCUT2D eigenvalue weighted by Gasteiger charge is 2.22. The van der Waals surface area contributed by atoms with E-state index >= 15 is 0 Å². The summed E-state index contributed by atoms with van der Waals surface area (Å²) in [5.74, 6) is -0.00847. The summed E-state index contributed by atoms with van der Waals surface area (Å²) in [6.45, 7) is 1.57. The summed E-state index contributed by atoms with van der Waals surface area (Å²) in [6.07, 6.45) is 6.13. The Morgan fingerprint density at radius 2 is 1.88 bits per heavy atom. The number of fused-ring (bicyclic) bond motifs is 2. The first-order valence-corrected chi connectivity index (χ1v) is 8.43. The fraction of sp³-hybridized carbons (Fsp3) is 0.389. The monoisotopic (exact) mass is 324 g/mol. The van der Waals surface area contributed by atoms with Crippen LogP contribution in [0, 0.1) is 0 Å². The van der Waals surface area contributed by atoms with Crippen molar-refractivity contribution in [2.45, 2.75) is 25.7 Å². The summed E-state index contributed by atoms with van der Waals surface area (Å²) in [7, 11) is 1.80. The SMILES string of the molecule is Cn1c(C(=O)N2CCCCCC2)cc2c(=O)n3ccccc3nc21. The molecule has 0 aliphatic carbocycles. The molecule has 4 heterocycles. The fourth-order valence-corrected chi connectivity index (χ4v) is 3.46. The van der Waals surface area contributed by atoms with Gasteiger partial charge in [-0.25, -0.2) is 4.98 Å². The Bertz CT molecular complexity index is 978. The van der Waals surface area contributed by atoms with Gasteiger partial charge in [0.2, 0.25) is 0 Å². The zero-order valence-electron chi connectivity index (χ0n) is 13.7. The van der Waals surface area contributed by atoms with E-state index in [1.54, 1.807) is 36.0 Å². The molecule has 1 aliphatic rings. The van der Waals surface area contributed by atoms with Crippen molar-refractivity contribution < 1.29 is 4.79 Å². The van der Waals surface area contributed by atoms with Gasteiger partial charge in [0.15, 0.2) is 0 Å². The maximum atomic E-state index is 12.9. The number of aromatic nitrogens is 3. The van der Waals surface area contributed by atoms with Gasteiger partial charge in [-0.3, -0.25) is 14.0 Å². The first-order valence-electron chi connectivity index (χ1n) is 8.43. The highest BCUT2D eigenvalue weighted by molar-refractivity contribution is 5.98. The Kier molecular flexibility index (Phi) is 3.59. The van der Waals surface area contributed by atoms with Crippen LogP contribution in [0.15, 0.2) is 35.3 Å². The number of carbonyl (C=O) groups excluding carboxylic acids is 1. The predicted octanol–water partition coefficient (Wildman–Crippen LogP) is 2.20.